The SMILES string of the molecule is Cc1ccc(CC(=O)c2cccc(F)c2)c(Cl)c1. The van der Waals surface area contributed by atoms with Crippen molar-refractivity contribution in [1.82, 2.24) is 0 Å². The number of aryl methyl sites for hydroxylation is 1. The van der Waals surface area contributed by atoms with Gasteiger partial charge in [-0.05, 0) is 36.2 Å². The van der Waals surface area contributed by atoms with E-state index in [9.17, 15) is 9.18 Å². The molecule has 0 aliphatic heterocycles. The van der Waals surface area contributed by atoms with Crippen LogP contribution in [0.3, 0.4) is 0 Å². The van der Waals surface area contributed by atoms with E-state index in [1.807, 2.05) is 25.1 Å². The second-order valence-corrected chi connectivity index (χ2v) is 4.61. The smallest absolute Gasteiger partial charge is 0.167 e. The van der Waals surface area contributed by atoms with E-state index in [1.54, 1.807) is 6.07 Å². The molecule has 2 aromatic carbocycles. The summed E-state index contributed by atoms with van der Waals surface area (Å²) < 4.78 is 13.0. The summed E-state index contributed by atoms with van der Waals surface area (Å²) in [5, 5.41) is 0.569. The van der Waals surface area contributed by atoms with Gasteiger partial charge in [-0.15, -0.1) is 0 Å². The molecule has 0 heterocycles. The molecule has 0 spiro atoms. The standard InChI is InChI=1S/C15H12ClFO/c1-10-5-6-11(14(16)7-10)9-15(18)12-3-2-4-13(17)8-12/h2-8H,9H2,1H3. The molecule has 2 rings (SSSR count). The van der Waals surface area contributed by atoms with Gasteiger partial charge in [-0.2, -0.15) is 0 Å². The number of carbonyl (C=O) groups excluding carboxylic acids is 1. The molecule has 0 bridgehead atoms. The molecule has 0 aliphatic carbocycles. The first-order valence-electron chi connectivity index (χ1n) is 5.60. The average molecular weight is 263 g/mol. The van der Waals surface area contributed by atoms with Gasteiger partial charge in [0.05, 0.1) is 0 Å². The highest BCUT2D eigenvalue weighted by Gasteiger charge is 2.10. The van der Waals surface area contributed by atoms with E-state index in [2.05, 4.69) is 0 Å². The van der Waals surface area contributed by atoms with Crippen molar-refractivity contribution in [1.29, 1.82) is 0 Å². The van der Waals surface area contributed by atoms with Gasteiger partial charge in [0.15, 0.2) is 5.78 Å². The summed E-state index contributed by atoms with van der Waals surface area (Å²) in [6.07, 6.45) is 0.183. The van der Waals surface area contributed by atoms with Crippen LogP contribution in [0.15, 0.2) is 42.5 Å². The molecule has 0 unspecified atom stereocenters. The number of ketones is 1. The van der Waals surface area contributed by atoms with Crippen LogP contribution in [0.2, 0.25) is 5.02 Å². The Bertz CT molecular complexity index is 593. The predicted molar refractivity (Wildman–Crippen MR) is 70.6 cm³/mol. The Balaban J connectivity index is 2.21. The molecular weight excluding hydrogens is 251 g/mol. The molecule has 0 atom stereocenters. The van der Waals surface area contributed by atoms with Crippen molar-refractivity contribution in [3.05, 3.63) is 70.0 Å². The Morgan fingerprint density at radius 3 is 2.67 bits per heavy atom. The number of carbonyl (C=O) groups is 1. The maximum atomic E-state index is 13.0. The Hall–Kier alpha value is -1.67. The normalized spacial score (nSPS) is 10.4. The van der Waals surface area contributed by atoms with Gasteiger partial charge in [0.25, 0.3) is 0 Å². The summed E-state index contributed by atoms with van der Waals surface area (Å²) >= 11 is 6.07. The van der Waals surface area contributed by atoms with Gasteiger partial charge in [-0.25, -0.2) is 4.39 Å². The van der Waals surface area contributed by atoms with E-state index in [4.69, 9.17) is 11.6 Å². The van der Waals surface area contributed by atoms with Crippen molar-refractivity contribution >= 4 is 17.4 Å². The zero-order valence-corrected chi connectivity index (χ0v) is 10.7. The minimum absolute atomic E-state index is 0.139. The summed E-state index contributed by atoms with van der Waals surface area (Å²) in [6, 6.07) is 11.2. The van der Waals surface area contributed by atoms with E-state index in [0.29, 0.717) is 10.6 Å². The van der Waals surface area contributed by atoms with E-state index < -0.39 is 5.82 Å². The highest BCUT2D eigenvalue weighted by atomic mass is 35.5. The monoisotopic (exact) mass is 262 g/mol. The molecule has 3 heteroatoms. The highest BCUT2D eigenvalue weighted by Crippen LogP contribution is 2.19. The fraction of sp³-hybridized carbons (Fsp3) is 0.133. The minimum Gasteiger partial charge on any atom is -0.294 e. The maximum Gasteiger partial charge on any atom is 0.167 e. The lowest BCUT2D eigenvalue weighted by molar-refractivity contribution is 0.0992. The summed E-state index contributed by atoms with van der Waals surface area (Å²) in [5.74, 6) is -0.545. The predicted octanol–water partition coefficient (Wildman–Crippen LogP) is 4.21. The minimum atomic E-state index is -0.407. The van der Waals surface area contributed by atoms with Crippen LogP contribution in [0.4, 0.5) is 4.39 Å². The number of Topliss-reactive ketones (excluding diaryl/α,β-unsaturated/α-hetero) is 1. The fourth-order valence-electron chi connectivity index (χ4n) is 1.73. The zero-order chi connectivity index (χ0) is 13.1. The molecular formula is C15H12ClFO. The molecule has 2 aromatic rings. The Morgan fingerprint density at radius 1 is 1.22 bits per heavy atom. The molecule has 0 aliphatic rings. The maximum absolute atomic E-state index is 13.0. The van der Waals surface area contributed by atoms with Crippen LogP contribution in [0.5, 0.6) is 0 Å². The topological polar surface area (TPSA) is 17.1 Å². The number of halogens is 2. The molecule has 92 valence electrons. The molecule has 0 N–H and O–H groups in total. The van der Waals surface area contributed by atoms with Crippen molar-refractivity contribution in [2.75, 3.05) is 0 Å². The molecule has 0 amide bonds. The number of hydrogen-bond acceptors (Lipinski definition) is 1. The number of benzene rings is 2. The lowest BCUT2D eigenvalue weighted by atomic mass is 10.0. The van der Waals surface area contributed by atoms with Crippen molar-refractivity contribution in [3.63, 3.8) is 0 Å². The summed E-state index contributed by atoms with van der Waals surface area (Å²) in [5.41, 5.74) is 2.17. The molecule has 1 nitrogen and oxygen atoms in total. The van der Waals surface area contributed by atoms with Crippen LogP contribution < -0.4 is 0 Å². The summed E-state index contributed by atoms with van der Waals surface area (Å²) in [6.45, 7) is 1.93. The molecule has 0 saturated heterocycles. The van der Waals surface area contributed by atoms with Crippen LogP contribution >= 0.6 is 11.6 Å². The van der Waals surface area contributed by atoms with Crippen LogP contribution in [-0.4, -0.2) is 5.78 Å². The van der Waals surface area contributed by atoms with Gasteiger partial charge < -0.3 is 0 Å². The lowest BCUT2D eigenvalue weighted by Crippen LogP contribution is -2.04. The highest BCUT2D eigenvalue weighted by molar-refractivity contribution is 6.31. The van der Waals surface area contributed by atoms with E-state index >= 15 is 0 Å². The fourth-order valence-corrected chi connectivity index (χ4v) is 2.03. The van der Waals surface area contributed by atoms with Crippen LogP contribution in [0.25, 0.3) is 0 Å². The van der Waals surface area contributed by atoms with E-state index in [-0.39, 0.29) is 12.2 Å². The van der Waals surface area contributed by atoms with Crippen LogP contribution in [0, 0.1) is 12.7 Å². The first-order chi connectivity index (χ1) is 8.56. The van der Waals surface area contributed by atoms with Gasteiger partial charge in [0, 0.05) is 17.0 Å². The summed E-state index contributed by atoms with van der Waals surface area (Å²) in [7, 11) is 0. The van der Waals surface area contributed by atoms with Gasteiger partial charge in [0.1, 0.15) is 5.82 Å². The van der Waals surface area contributed by atoms with Crippen LogP contribution in [0.1, 0.15) is 21.5 Å². The van der Waals surface area contributed by atoms with Crippen molar-refractivity contribution in [2.45, 2.75) is 13.3 Å². The quantitative estimate of drug-likeness (QED) is 0.757. The average Bonchev–Trinajstić information content (AvgIpc) is 2.32. The third-order valence-corrected chi connectivity index (χ3v) is 3.06. The molecule has 0 radical (unpaired) electrons. The zero-order valence-electron chi connectivity index (χ0n) is 9.91. The van der Waals surface area contributed by atoms with Crippen LogP contribution in [-0.2, 0) is 6.42 Å². The second-order valence-electron chi connectivity index (χ2n) is 4.21. The molecule has 0 aromatic heterocycles. The first kappa shape index (κ1) is 12.8. The third-order valence-electron chi connectivity index (χ3n) is 2.71. The third kappa shape index (κ3) is 2.96. The lowest BCUT2D eigenvalue weighted by Gasteiger charge is -2.05. The summed E-state index contributed by atoms with van der Waals surface area (Å²) in [4.78, 5) is 12.0. The Kier molecular flexibility index (Phi) is 3.78. The van der Waals surface area contributed by atoms with Crippen molar-refractivity contribution in [3.8, 4) is 0 Å². The molecule has 0 saturated carbocycles. The van der Waals surface area contributed by atoms with Gasteiger partial charge in [-0.1, -0.05) is 35.9 Å². The largest absolute Gasteiger partial charge is 0.294 e. The Morgan fingerprint density at radius 2 is 2.00 bits per heavy atom. The van der Waals surface area contributed by atoms with Gasteiger partial charge in [-0.3, -0.25) is 4.79 Å². The number of hydrogen-bond donors (Lipinski definition) is 0. The Labute approximate surface area is 110 Å². The first-order valence-corrected chi connectivity index (χ1v) is 5.98. The van der Waals surface area contributed by atoms with Crippen molar-refractivity contribution < 1.29 is 9.18 Å². The van der Waals surface area contributed by atoms with E-state index in [1.165, 1.54) is 18.2 Å². The molecule has 0 fully saturated rings. The van der Waals surface area contributed by atoms with Gasteiger partial charge >= 0.3 is 0 Å². The second kappa shape index (κ2) is 5.32. The number of rotatable bonds is 3. The van der Waals surface area contributed by atoms with Crippen molar-refractivity contribution in [2.24, 2.45) is 0 Å². The van der Waals surface area contributed by atoms with E-state index in [0.717, 1.165) is 11.1 Å². The van der Waals surface area contributed by atoms with Gasteiger partial charge in [0.2, 0.25) is 0 Å². The molecule has 18 heavy (non-hydrogen) atoms.